The van der Waals surface area contributed by atoms with Gasteiger partial charge in [-0.3, -0.25) is 14.6 Å². The lowest BCUT2D eigenvalue weighted by atomic mass is 10.1. The summed E-state index contributed by atoms with van der Waals surface area (Å²) in [5.41, 5.74) is 5.95. The number of imidazole rings is 1. The summed E-state index contributed by atoms with van der Waals surface area (Å²) in [6, 6.07) is 17.6. The smallest absolute Gasteiger partial charge is 0.251 e. The number of rotatable bonds is 6. The zero-order valence-corrected chi connectivity index (χ0v) is 18.4. The molecule has 0 radical (unpaired) electrons. The van der Waals surface area contributed by atoms with E-state index in [0.29, 0.717) is 23.3 Å². The van der Waals surface area contributed by atoms with Crippen molar-refractivity contribution in [3.05, 3.63) is 89.5 Å². The van der Waals surface area contributed by atoms with Crippen LogP contribution in [0, 0.1) is 0 Å². The Balaban J connectivity index is 1.43. The van der Waals surface area contributed by atoms with E-state index in [2.05, 4.69) is 32.7 Å². The Labute approximate surface area is 191 Å². The van der Waals surface area contributed by atoms with E-state index < -0.39 is 0 Å². The highest BCUT2D eigenvalue weighted by Crippen LogP contribution is 2.32. The Hall–Kier alpha value is -4.00. The molecule has 7 heteroatoms. The zero-order chi connectivity index (χ0) is 22.8. The predicted octanol–water partition coefficient (Wildman–Crippen LogP) is 4.05. The highest BCUT2D eigenvalue weighted by Gasteiger charge is 2.24. The van der Waals surface area contributed by atoms with Gasteiger partial charge in [0.25, 0.3) is 5.91 Å². The molecule has 2 N–H and O–H groups in total. The largest absolute Gasteiger partial charge is 0.345 e. The lowest BCUT2D eigenvalue weighted by molar-refractivity contribution is -0.114. The number of nitrogens with zero attached hydrogens (tertiary/aromatic N) is 3. The maximum atomic E-state index is 13.1. The number of aromatic nitrogens is 3. The molecule has 2 heterocycles. The van der Waals surface area contributed by atoms with Gasteiger partial charge in [-0.2, -0.15) is 0 Å². The molecule has 0 unspecified atom stereocenters. The van der Waals surface area contributed by atoms with Crippen LogP contribution in [0.4, 0.5) is 5.69 Å². The van der Waals surface area contributed by atoms with Gasteiger partial charge < -0.3 is 15.2 Å². The minimum absolute atomic E-state index is 0.00968. The number of nitrogens with one attached hydrogen (secondary N) is 2. The summed E-state index contributed by atoms with van der Waals surface area (Å²) in [5, 5.41) is 6.04. The van der Waals surface area contributed by atoms with Crippen molar-refractivity contribution in [1.29, 1.82) is 0 Å². The SMILES string of the molecule is CC(=O)Nc1cc(C(=O)N[C@@H]2CCc3ccccc32)cc2ncn(CCc3ccccn3)c12. The quantitative estimate of drug-likeness (QED) is 0.474. The lowest BCUT2D eigenvalue weighted by Gasteiger charge is -2.15. The van der Waals surface area contributed by atoms with Crippen molar-refractivity contribution in [3.8, 4) is 0 Å². The van der Waals surface area contributed by atoms with Crippen LogP contribution in [-0.2, 0) is 24.2 Å². The second kappa shape index (κ2) is 8.86. The molecule has 7 nitrogen and oxygen atoms in total. The van der Waals surface area contributed by atoms with Gasteiger partial charge in [-0.05, 0) is 48.2 Å². The first-order valence-corrected chi connectivity index (χ1v) is 11.1. The molecule has 0 saturated heterocycles. The number of carbonyl (C=O) groups is 2. The minimum Gasteiger partial charge on any atom is -0.345 e. The average Bonchev–Trinajstić information content (AvgIpc) is 3.42. The number of aryl methyl sites for hydroxylation is 3. The number of hydrogen-bond acceptors (Lipinski definition) is 4. The number of fused-ring (bicyclic) bond motifs is 2. The molecular weight excluding hydrogens is 414 g/mol. The van der Waals surface area contributed by atoms with Gasteiger partial charge in [-0.15, -0.1) is 0 Å². The van der Waals surface area contributed by atoms with Crippen LogP contribution in [0.3, 0.4) is 0 Å². The molecule has 4 aromatic rings. The predicted molar refractivity (Wildman–Crippen MR) is 127 cm³/mol. The Morgan fingerprint density at radius 2 is 1.94 bits per heavy atom. The second-order valence-corrected chi connectivity index (χ2v) is 8.35. The number of benzene rings is 2. The number of amides is 2. The molecule has 2 aromatic heterocycles. The maximum Gasteiger partial charge on any atom is 0.251 e. The van der Waals surface area contributed by atoms with Crippen molar-refractivity contribution in [3.63, 3.8) is 0 Å². The van der Waals surface area contributed by atoms with Gasteiger partial charge in [0.2, 0.25) is 5.91 Å². The summed E-state index contributed by atoms with van der Waals surface area (Å²) in [4.78, 5) is 34.0. The highest BCUT2D eigenvalue weighted by molar-refractivity contribution is 6.05. The Morgan fingerprint density at radius 3 is 2.76 bits per heavy atom. The normalized spacial score (nSPS) is 14.8. The molecule has 33 heavy (non-hydrogen) atoms. The molecule has 0 spiro atoms. The molecule has 2 aromatic carbocycles. The first-order chi connectivity index (χ1) is 16.1. The summed E-state index contributed by atoms with van der Waals surface area (Å²) >= 11 is 0. The molecule has 0 aliphatic heterocycles. The van der Waals surface area contributed by atoms with E-state index in [1.807, 2.05) is 34.9 Å². The van der Waals surface area contributed by atoms with E-state index in [1.54, 1.807) is 24.7 Å². The van der Waals surface area contributed by atoms with Crippen LogP contribution < -0.4 is 10.6 Å². The van der Waals surface area contributed by atoms with E-state index in [0.717, 1.165) is 30.5 Å². The summed E-state index contributed by atoms with van der Waals surface area (Å²) in [6.07, 6.45) is 6.09. The minimum atomic E-state index is -0.198. The van der Waals surface area contributed by atoms with Crippen molar-refractivity contribution in [2.24, 2.45) is 0 Å². The van der Waals surface area contributed by atoms with Crippen molar-refractivity contribution < 1.29 is 9.59 Å². The van der Waals surface area contributed by atoms with Gasteiger partial charge >= 0.3 is 0 Å². The molecule has 1 aliphatic rings. The average molecular weight is 440 g/mol. The molecule has 1 aliphatic carbocycles. The van der Waals surface area contributed by atoms with Gasteiger partial charge in [0.1, 0.15) is 0 Å². The number of pyridine rings is 1. The topological polar surface area (TPSA) is 88.9 Å². The third-order valence-corrected chi connectivity index (χ3v) is 6.06. The number of hydrogen-bond donors (Lipinski definition) is 2. The van der Waals surface area contributed by atoms with Crippen LogP contribution in [0.5, 0.6) is 0 Å². The molecule has 0 fully saturated rings. The first kappa shape index (κ1) is 20.9. The number of anilines is 1. The van der Waals surface area contributed by atoms with Crippen molar-refractivity contribution in [2.75, 3.05) is 5.32 Å². The van der Waals surface area contributed by atoms with Crippen LogP contribution in [0.1, 0.15) is 46.6 Å². The van der Waals surface area contributed by atoms with Crippen LogP contribution in [0.15, 0.2) is 67.1 Å². The Bertz CT molecular complexity index is 1330. The molecule has 166 valence electrons. The van der Waals surface area contributed by atoms with Gasteiger partial charge in [0.05, 0.1) is 29.1 Å². The van der Waals surface area contributed by atoms with Crippen LogP contribution in [0.2, 0.25) is 0 Å². The van der Waals surface area contributed by atoms with Gasteiger partial charge in [-0.25, -0.2) is 4.98 Å². The van der Waals surface area contributed by atoms with E-state index in [4.69, 9.17) is 0 Å². The molecular formula is C26H25N5O2. The molecule has 5 rings (SSSR count). The standard InChI is InChI=1S/C26H25N5O2/c1-17(32)29-24-15-19(26(33)30-22-10-9-18-6-2-3-8-21(18)22)14-23-25(24)31(16-28-23)13-11-20-7-4-5-12-27-20/h2-8,12,14-16,22H,9-11,13H2,1H3,(H,29,32)(H,30,33)/t22-/m1/s1. The zero-order valence-electron chi connectivity index (χ0n) is 18.4. The second-order valence-electron chi connectivity index (χ2n) is 8.35. The lowest BCUT2D eigenvalue weighted by Crippen LogP contribution is -2.27. The Kier molecular flexibility index (Phi) is 5.60. The summed E-state index contributed by atoms with van der Waals surface area (Å²) in [5.74, 6) is -0.371. The van der Waals surface area contributed by atoms with Crippen molar-refractivity contribution >= 4 is 28.5 Å². The Morgan fingerprint density at radius 1 is 1.09 bits per heavy atom. The first-order valence-electron chi connectivity index (χ1n) is 11.1. The van der Waals surface area contributed by atoms with E-state index in [9.17, 15) is 9.59 Å². The van der Waals surface area contributed by atoms with E-state index >= 15 is 0 Å². The van der Waals surface area contributed by atoms with Crippen molar-refractivity contribution in [1.82, 2.24) is 19.9 Å². The van der Waals surface area contributed by atoms with Gasteiger partial charge in [-0.1, -0.05) is 30.3 Å². The van der Waals surface area contributed by atoms with Crippen LogP contribution in [-0.4, -0.2) is 26.3 Å². The fourth-order valence-corrected chi connectivity index (χ4v) is 4.52. The van der Waals surface area contributed by atoms with E-state index in [1.165, 1.54) is 18.1 Å². The molecule has 0 saturated carbocycles. The fourth-order valence-electron chi connectivity index (χ4n) is 4.52. The van der Waals surface area contributed by atoms with Crippen LogP contribution >= 0.6 is 0 Å². The summed E-state index contributed by atoms with van der Waals surface area (Å²) in [6.45, 7) is 2.12. The van der Waals surface area contributed by atoms with Crippen LogP contribution in [0.25, 0.3) is 11.0 Å². The third kappa shape index (κ3) is 4.35. The number of carbonyl (C=O) groups excluding carboxylic acids is 2. The van der Waals surface area contributed by atoms with Gasteiger partial charge in [0, 0.05) is 37.3 Å². The van der Waals surface area contributed by atoms with E-state index in [-0.39, 0.29) is 17.9 Å². The molecule has 0 bridgehead atoms. The summed E-state index contributed by atoms with van der Waals surface area (Å²) < 4.78 is 1.99. The third-order valence-electron chi connectivity index (χ3n) is 6.06. The summed E-state index contributed by atoms with van der Waals surface area (Å²) in [7, 11) is 0. The maximum absolute atomic E-state index is 13.1. The molecule has 2 amide bonds. The molecule has 1 atom stereocenters. The fraction of sp³-hybridized carbons (Fsp3) is 0.231. The highest BCUT2D eigenvalue weighted by atomic mass is 16.2. The van der Waals surface area contributed by atoms with Gasteiger partial charge in [0.15, 0.2) is 0 Å². The monoisotopic (exact) mass is 439 g/mol. The van der Waals surface area contributed by atoms with Crippen molar-refractivity contribution in [2.45, 2.75) is 38.8 Å².